The Morgan fingerprint density at radius 1 is 1.13 bits per heavy atom. The summed E-state index contributed by atoms with van der Waals surface area (Å²) in [6, 6.07) is 4.31. The van der Waals surface area contributed by atoms with Crippen molar-refractivity contribution < 1.29 is 9.18 Å². The van der Waals surface area contributed by atoms with Gasteiger partial charge >= 0.3 is 0 Å². The lowest BCUT2D eigenvalue weighted by atomic mass is 9.82. The SMILES string of the molecule is Cc1ncc(N2CC3CCN(C(=O)c4ccc(F)cc4-n4nccn4)CC32)nc1C. The third-order valence-corrected chi connectivity index (χ3v) is 6.14. The smallest absolute Gasteiger partial charge is 0.256 e. The first-order valence-electron chi connectivity index (χ1n) is 10.0. The fourth-order valence-electron chi connectivity index (χ4n) is 4.27. The average Bonchev–Trinajstić information content (AvgIpc) is 3.26. The number of aryl methyl sites for hydroxylation is 2. The Morgan fingerprint density at radius 3 is 2.70 bits per heavy atom. The molecule has 2 aliphatic heterocycles. The number of halogens is 1. The summed E-state index contributed by atoms with van der Waals surface area (Å²) in [6.45, 7) is 6.11. The number of hydrogen-bond donors (Lipinski definition) is 0. The molecule has 1 amide bonds. The molecule has 2 unspecified atom stereocenters. The molecule has 2 aliphatic rings. The number of aromatic nitrogens is 5. The second-order valence-electron chi connectivity index (χ2n) is 7.90. The molecule has 2 aromatic heterocycles. The number of benzene rings is 1. The van der Waals surface area contributed by atoms with E-state index >= 15 is 0 Å². The van der Waals surface area contributed by atoms with E-state index in [-0.39, 0.29) is 11.9 Å². The van der Waals surface area contributed by atoms with Crippen molar-refractivity contribution in [1.82, 2.24) is 29.9 Å². The van der Waals surface area contributed by atoms with Gasteiger partial charge in [-0.15, -0.1) is 0 Å². The van der Waals surface area contributed by atoms with Gasteiger partial charge in [0.1, 0.15) is 17.3 Å². The Bertz CT molecular complexity index is 1100. The standard InChI is InChI=1S/C21H22FN7O/c1-13-14(2)26-20(10-23-13)28-11-15-5-8-27(12-19(15)28)21(30)17-4-3-16(22)9-18(17)29-24-6-7-25-29/h3-4,6-7,9-10,15,19H,5,8,11-12H2,1-2H3. The molecular weight excluding hydrogens is 385 g/mol. The molecule has 0 bridgehead atoms. The first-order valence-corrected chi connectivity index (χ1v) is 10.0. The van der Waals surface area contributed by atoms with Gasteiger partial charge in [0.25, 0.3) is 5.91 Å². The monoisotopic (exact) mass is 407 g/mol. The minimum Gasteiger partial charge on any atom is -0.350 e. The topological polar surface area (TPSA) is 80.0 Å². The lowest BCUT2D eigenvalue weighted by molar-refractivity contribution is 0.0590. The van der Waals surface area contributed by atoms with Crippen LogP contribution in [0.3, 0.4) is 0 Å². The van der Waals surface area contributed by atoms with Crippen LogP contribution in [0.15, 0.2) is 36.8 Å². The molecule has 0 N–H and O–H groups in total. The van der Waals surface area contributed by atoms with Gasteiger partial charge in [0.05, 0.1) is 41.6 Å². The van der Waals surface area contributed by atoms with Crippen LogP contribution in [-0.2, 0) is 0 Å². The van der Waals surface area contributed by atoms with E-state index in [1.165, 1.54) is 35.4 Å². The van der Waals surface area contributed by atoms with E-state index in [0.717, 1.165) is 30.2 Å². The number of carbonyl (C=O) groups is 1. The Labute approximate surface area is 173 Å². The van der Waals surface area contributed by atoms with Crippen molar-refractivity contribution in [2.24, 2.45) is 5.92 Å². The van der Waals surface area contributed by atoms with Gasteiger partial charge in [0.2, 0.25) is 0 Å². The van der Waals surface area contributed by atoms with Crippen LogP contribution < -0.4 is 4.90 Å². The number of anilines is 1. The maximum absolute atomic E-state index is 13.9. The summed E-state index contributed by atoms with van der Waals surface area (Å²) in [7, 11) is 0. The van der Waals surface area contributed by atoms with Crippen LogP contribution in [-0.4, -0.2) is 61.4 Å². The maximum Gasteiger partial charge on any atom is 0.256 e. The molecule has 1 aromatic carbocycles. The van der Waals surface area contributed by atoms with Gasteiger partial charge in [-0.2, -0.15) is 15.0 Å². The summed E-state index contributed by atoms with van der Waals surface area (Å²) in [5.41, 5.74) is 2.58. The molecular formula is C21H22FN7O. The Morgan fingerprint density at radius 2 is 1.93 bits per heavy atom. The number of rotatable bonds is 3. The molecule has 4 heterocycles. The minimum absolute atomic E-state index is 0.140. The second kappa shape index (κ2) is 7.16. The quantitative estimate of drug-likeness (QED) is 0.662. The highest BCUT2D eigenvalue weighted by Crippen LogP contribution is 2.36. The van der Waals surface area contributed by atoms with Gasteiger partial charge in [0.15, 0.2) is 0 Å². The third-order valence-electron chi connectivity index (χ3n) is 6.14. The van der Waals surface area contributed by atoms with Gasteiger partial charge in [-0.3, -0.25) is 9.78 Å². The van der Waals surface area contributed by atoms with Crippen molar-refractivity contribution >= 4 is 11.7 Å². The van der Waals surface area contributed by atoms with Gasteiger partial charge < -0.3 is 9.80 Å². The number of piperidine rings is 1. The molecule has 3 aromatic rings. The van der Waals surface area contributed by atoms with Gasteiger partial charge in [-0.1, -0.05) is 0 Å². The number of fused-ring (bicyclic) bond motifs is 1. The lowest BCUT2D eigenvalue weighted by Crippen LogP contribution is -2.65. The number of hydrogen-bond acceptors (Lipinski definition) is 6. The Hall–Kier alpha value is -3.36. The van der Waals surface area contributed by atoms with Crippen LogP contribution >= 0.6 is 0 Å². The first-order chi connectivity index (χ1) is 14.5. The highest BCUT2D eigenvalue weighted by molar-refractivity contribution is 5.97. The van der Waals surface area contributed by atoms with Crippen LogP contribution in [0.25, 0.3) is 5.69 Å². The molecule has 2 saturated heterocycles. The Balaban J connectivity index is 1.39. The summed E-state index contributed by atoms with van der Waals surface area (Å²) in [6.07, 6.45) is 5.74. The van der Waals surface area contributed by atoms with E-state index in [4.69, 9.17) is 0 Å². The highest BCUT2D eigenvalue weighted by Gasteiger charge is 2.44. The van der Waals surface area contributed by atoms with Crippen LogP contribution in [0.1, 0.15) is 28.2 Å². The molecule has 9 heteroatoms. The number of likely N-dealkylation sites (tertiary alicyclic amines) is 1. The third kappa shape index (κ3) is 3.10. The van der Waals surface area contributed by atoms with Crippen LogP contribution in [0.5, 0.6) is 0 Å². The van der Waals surface area contributed by atoms with E-state index in [1.54, 1.807) is 6.20 Å². The van der Waals surface area contributed by atoms with Gasteiger partial charge in [-0.25, -0.2) is 9.37 Å². The minimum atomic E-state index is -0.434. The molecule has 8 nitrogen and oxygen atoms in total. The summed E-state index contributed by atoms with van der Waals surface area (Å²) in [5.74, 6) is 0.824. The molecule has 0 radical (unpaired) electrons. The molecule has 2 atom stereocenters. The van der Waals surface area contributed by atoms with E-state index in [0.29, 0.717) is 30.3 Å². The molecule has 154 valence electrons. The number of carbonyl (C=O) groups excluding carboxylic acids is 1. The first kappa shape index (κ1) is 18.7. The zero-order valence-electron chi connectivity index (χ0n) is 16.9. The molecule has 2 fully saturated rings. The average molecular weight is 407 g/mol. The Kier molecular flexibility index (Phi) is 4.45. The van der Waals surface area contributed by atoms with Crippen LogP contribution in [0.2, 0.25) is 0 Å². The molecule has 0 aliphatic carbocycles. The predicted molar refractivity (Wildman–Crippen MR) is 108 cm³/mol. The van der Waals surface area contributed by atoms with Crippen molar-refractivity contribution in [3.63, 3.8) is 0 Å². The van der Waals surface area contributed by atoms with Crippen molar-refractivity contribution in [2.45, 2.75) is 26.3 Å². The second-order valence-corrected chi connectivity index (χ2v) is 7.90. The normalized spacial score (nSPS) is 20.6. The van der Waals surface area contributed by atoms with Crippen molar-refractivity contribution in [2.75, 3.05) is 24.5 Å². The highest BCUT2D eigenvalue weighted by atomic mass is 19.1. The van der Waals surface area contributed by atoms with E-state index < -0.39 is 5.82 Å². The fourth-order valence-corrected chi connectivity index (χ4v) is 4.27. The zero-order valence-corrected chi connectivity index (χ0v) is 16.9. The lowest BCUT2D eigenvalue weighted by Gasteiger charge is -2.54. The number of nitrogens with zero attached hydrogens (tertiary/aromatic N) is 7. The van der Waals surface area contributed by atoms with E-state index in [2.05, 4.69) is 25.1 Å². The van der Waals surface area contributed by atoms with Crippen LogP contribution in [0, 0.1) is 25.6 Å². The summed E-state index contributed by atoms with van der Waals surface area (Å²) < 4.78 is 13.9. The van der Waals surface area contributed by atoms with Gasteiger partial charge in [0, 0.05) is 31.6 Å². The van der Waals surface area contributed by atoms with Crippen LogP contribution in [0.4, 0.5) is 10.2 Å². The molecule has 0 saturated carbocycles. The summed E-state index contributed by atoms with van der Waals surface area (Å²) in [4.78, 5) is 27.8. The van der Waals surface area contributed by atoms with Crippen molar-refractivity contribution in [3.05, 3.63) is 59.6 Å². The van der Waals surface area contributed by atoms with E-state index in [1.807, 2.05) is 18.7 Å². The molecule has 30 heavy (non-hydrogen) atoms. The summed E-state index contributed by atoms with van der Waals surface area (Å²) >= 11 is 0. The largest absolute Gasteiger partial charge is 0.350 e. The summed E-state index contributed by atoms with van der Waals surface area (Å²) in [5, 5.41) is 8.13. The van der Waals surface area contributed by atoms with Crippen molar-refractivity contribution in [1.29, 1.82) is 0 Å². The predicted octanol–water partition coefficient (Wildman–Crippen LogP) is 2.16. The molecule has 5 rings (SSSR count). The maximum atomic E-state index is 13.9. The fraction of sp³-hybridized carbons (Fsp3) is 0.381. The zero-order chi connectivity index (χ0) is 20.8. The van der Waals surface area contributed by atoms with Gasteiger partial charge in [-0.05, 0) is 32.4 Å². The van der Waals surface area contributed by atoms with E-state index in [9.17, 15) is 9.18 Å². The number of amides is 1. The van der Waals surface area contributed by atoms with Crippen molar-refractivity contribution in [3.8, 4) is 5.69 Å². The molecule has 0 spiro atoms.